The molecule has 0 heterocycles. The molecule has 0 radical (unpaired) electrons. The van der Waals surface area contributed by atoms with E-state index >= 15 is 0 Å². The molecule has 1 aromatic carbocycles. The van der Waals surface area contributed by atoms with Gasteiger partial charge in [0.15, 0.2) is 0 Å². The summed E-state index contributed by atoms with van der Waals surface area (Å²) in [7, 11) is 3.42. The molecule has 0 fully saturated rings. The van der Waals surface area contributed by atoms with Crippen LogP contribution in [0.5, 0.6) is 5.75 Å². The van der Waals surface area contributed by atoms with Crippen molar-refractivity contribution in [2.75, 3.05) is 20.7 Å². The van der Waals surface area contributed by atoms with Crippen LogP contribution in [0.3, 0.4) is 0 Å². The lowest BCUT2D eigenvalue weighted by molar-refractivity contribution is -0.139. The van der Waals surface area contributed by atoms with E-state index < -0.39 is 5.41 Å². The van der Waals surface area contributed by atoms with E-state index in [1.165, 1.54) is 0 Å². The van der Waals surface area contributed by atoms with Crippen LogP contribution in [0, 0.1) is 5.41 Å². The van der Waals surface area contributed by atoms with E-state index in [4.69, 9.17) is 10.5 Å². The highest BCUT2D eigenvalue weighted by Gasteiger charge is 2.28. The zero-order valence-corrected chi connectivity index (χ0v) is 11.6. The summed E-state index contributed by atoms with van der Waals surface area (Å²) >= 11 is 0. The Balaban J connectivity index is 2.75. The fraction of sp³-hybridized carbons (Fsp3) is 0.500. The standard InChI is InChI=1S/C14H22N2O2/c1-14(2,10-15)13(17)16(3)9-11-6-5-7-12(8-11)18-4/h5-8H,9-10,15H2,1-4H3. The first-order valence-corrected chi connectivity index (χ1v) is 5.99. The lowest BCUT2D eigenvalue weighted by atomic mass is 9.92. The van der Waals surface area contributed by atoms with Crippen LogP contribution in [0.1, 0.15) is 19.4 Å². The Hall–Kier alpha value is -1.55. The van der Waals surface area contributed by atoms with Crippen molar-refractivity contribution < 1.29 is 9.53 Å². The van der Waals surface area contributed by atoms with Gasteiger partial charge in [0.2, 0.25) is 5.91 Å². The normalized spacial score (nSPS) is 11.2. The Kier molecular flexibility index (Phi) is 4.73. The summed E-state index contributed by atoms with van der Waals surface area (Å²) in [6.07, 6.45) is 0. The van der Waals surface area contributed by atoms with Crippen LogP contribution in [-0.2, 0) is 11.3 Å². The van der Waals surface area contributed by atoms with Crippen LogP contribution in [0.15, 0.2) is 24.3 Å². The number of methoxy groups -OCH3 is 1. The molecule has 0 aliphatic heterocycles. The fourth-order valence-electron chi connectivity index (χ4n) is 1.72. The van der Waals surface area contributed by atoms with E-state index in [9.17, 15) is 4.79 Å². The van der Waals surface area contributed by atoms with Crippen LogP contribution in [0.2, 0.25) is 0 Å². The van der Waals surface area contributed by atoms with Crippen molar-refractivity contribution in [3.05, 3.63) is 29.8 Å². The number of rotatable bonds is 5. The minimum Gasteiger partial charge on any atom is -0.497 e. The van der Waals surface area contributed by atoms with Gasteiger partial charge in [-0.15, -0.1) is 0 Å². The van der Waals surface area contributed by atoms with Gasteiger partial charge in [-0.1, -0.05) is 12.1 Å². The highest BCUT2D eigenvalue weighted by atomic mass is 16.5. The number of ether oxygens (including phenoxy) is 1. The Bertz CT molecular complexity index is 416. The van der Waals surface area contributed by atoms with E-state index in [0.717, 1.165) is 11.3 Å². The van der Waals surface area contributed by atoms with Crippen molar-refractivity contribution in [2.24, 2.45) is 11.1 Å². The number of nitrogens with zero attached hydrogens (tertiary/aromatic N) is 1. The predicted molar refractivity (Wildman–Crippen MR) is 72.3 cm³/mol. The molecular formula is C14H22N2O2. The average molecular weight is 250 g/mol. The molecule has 0 aliphatic carbocycles. The van der Waals surface area contributed by atoms with Crippen LogP contribution in [0.4, 0.5) is 0 Å². The molecule has 0 bridgehead atoms. The summed E-state index contributed by atoms with van der Waals surface area (Å²) in [6.45, 7) is 4.61. The predicted octanol–water partition coefficient (Wildman–Crippen LogP) is 1.64. The molecule has 4 heteroatoms. The van der Waals surface area contributed by atoms with E-state index in [0.29, 0.717) is 13.1 Å². The van der Waals surface area contributed by atoms with Crippen molar-refractivity contribution in [3.8, 4) is 5.75 Å². The quantitative estimate of drug-likeness (QED) is 0.864. The highest BCUT2D eigenvalue weighted by Crippen LogP contribution is 2.19. The Morgan fingerprint density at radius 3 is 2.67 bits per heavy atom. The number of hydrogen-bond acceptors (Lipinski definition) is 3. The second-order valence-corrected chi connectivity index (χ2v) is 5.10. The highest BCUT2D eigenvalue weighted by molar-refractivity contribution is 5.81. The second-order valence-electron chi connectivity index (χ2n) is 5.10. The van der Waals surface area contributed by atoms with E-state index in [-0.39, 0.29) is 5.91 Å². The Morgan fingerprint density at radius 1 is 1.44 bits per heavy atom. The monoisotopic (exact) mass is 250 g/mol. The summed E-state index contributed by atoms with van der Waals surface area (Å²) in [5.41, 5.74) is 6.14. The zero-order valence-electron chi connectivity index (χ0n) is 11.6. The summed E-state index contributed by atoms with van der Waals surface area (Å²) < 4.78 is 5.16. The molecule has 100 valence electrons. The average Bonchev–Trinajstić information content (AvgIpc) is 2.37. The number of benzene rings is 1. The summed E-state index contributed by atoms with van der Waals surface area (Å²) in [4.78, 5) is 13.9. The molecule has 0 unspecified atom stereocenters. The molecule has 0 aliphatic rings. The van der Waals surface area contributed by atoms with E-state index in [1.807, 2.05) is 38.1 Å². The Morgan fingerprint density at radius 2 is 2.11 bits per heavy atom. The van der Waals surface area contributed by atoms with Gasteiger partial charge < -0.3 is 15.4 Å². The largest absolute Gasteiger partial charge is 0.497 e. The first kappa shape index (κ1) is 14.5. The van der Waals surface area contributed by atoms with Gasteiger partial charge in [0.05, 0.1) is 12.5 Å². The summed E-state index contributed by atoms with van der Waals surface area (Å²) in [5.74, 6) is 0.847. The number of carbonyl (C=O) groups is 1. The van der Waals surface area contributed by atoms with Crippen LogP contribution in [-0.4, -0.2) is 31.5 Å². The van der Waals surface area contributed by atoms with Crippen molar-refractivity contribution in [1.29, 1.82) is 0 Å². The molecule has 1 aromatic rings. The zero-order chi connectivity index (χ0) is 13.8. The van der Waals surface area contributed by atoms with Crippen molar-refractivity contribution in [1.82, 2.24) is 4.90 Å². The molecule has 0 saturated heterocycles. The van der Waals surface area contributed by atoms with Gasteiger partial charge in [0.1, 0.15) is 5.75 Å². The third-order valence-corrected chi connectivity index (χ3v) is 2.99. The molecule has 1 amide bonds. The minimum atomic E-state index is -0.520. The van der Waals surface area contributed by atoms with Gasteiger partial charge in [0, 0.05) is 20.1 Å². The lowest BCUT2D eigenvalue weighted by Crippen LogP contribution is -2.42. The van der Waals surface area contributed by atoms with Gasteiger partial charge in [-0.25, -0.2) is 0 Å². The van der Waals surface area contributed by atoms with Gasteiger partial charge in [-0.05, 0) is 31.5 Å². The molecular weight excluding hydrogens is 228 g/mol. The van der Waals surface area contributed by atoms with Crippen molar-refractivity contribution in [3.63, 3.8) is 0 Å². The van der Waals surface area contributed by atoms with Crippen LogP contribution in [0.25, 0.3) is 0 Å². The van der Waals surface area contributed by atoms with Gasteiger partial charge in [0.25, 0.3) is 0 Å². The topological polar surface area (TPSA) is 55.6 Å². The summed E-state index contributed by atoms with van der Waals surface area (Å²) in [6, 6.07) is 7.71. The molecule has 4 nitrogen and oxygen atoms in total. The van der Waals surface area contributed by atoms with E-state index in [2.05, 4.69) is 0 Å². The molecule has 0 atom stereocenters. The molecule has 0 aromatic heterocycles. The lowest BCUT2D eigenvalue weighted by Gasteiger charge is -2.28. The minimum absolute atomic E-state index is 0.0489. The third kappa shape index (κ3) is 3.47. The van der Waals surface area contributed by atoms with Crippen molar-refractivity contribution in [2.45, 2.75) is 20.4 Å². The number of nitrogens with two attached hydrogens (primary N) is 1. The first-order valence-electron chi connectivity index (χ1n) is 5.99. The number of carbonyl (C=O) groups excluding carboxylic acids is 1. The molecule has 1 rings (SSSR count). The molecule has 2 N–H and O–H groups in total. The van der Waals surface area contributed by atoms with Gasteiger partial charge >= 0.3 is 0 Å². The van der Waals surface area contributed by atoms with Crippen LogP contribution >= 0.6 is 0 Å². The van der Waals surface area contributed by atoms with Gasteiger partial charge in [-0.2, -0.15) is 0 Å². The Labute approximate surface area is 109 Å². The maximum Gasteiger partial charge on any atom is 0.229 e. The SMILES string of the molecule is COc1cccc(CN(C)C(=O)C(C)(C)CN)c1. The number of amides is 1. The maximum atomic E-state index is 12.2. The molecule has 18 heavy (non-hydrogen) atoms. The van der Waals surface area contributed by atoms with Gasteiger partial charge in [-0.3, -0.25) is 4.79 Å². The molecule has 0 saturated carbocycles. The summed E-state index contributed by atoms with van der Waals surface area (Å²) in [5, 5.41) is 0. The molecule has 0 spiro atoms. The fourth-order valence-corrected chi connectivity index (χ4v) is 1.72. The maximum absolute atomic E-state index is 12.2. The van der Waals surface area contributed by atoms with Crippen molar-refractivity contribution >= 4 is 5.91 Å². The van der Waals surface area contributed by atoms with Crippen LogP contribution < -0.4 is 10.5 Å². The van der Waals surface area contributed by atoms with E-state index in [1.54, 1.807) is 19.1 Å². The first-order chi connectivity index (χ1) is 8.40. The smallest absolute Gasteiger partial charge is 0.229 e. The second kappa shape index (κ2) is 5.87. The third-order valence-electron chi connectivity index (χ3n) is 2.99. The number of hydrogen-bond donors (Lipinski definition) is 1.